The minimum atomic E-state index is 0.248. The van der Waals surface area contributed by atoms with Crippen LogP contribution >= 0.6 is 0 Å². The zero-order valence-electron chi connectivity index (χ0n) is 12.0. The number of carbonyl (C=O) groups excluding carboxylic acids is 1. The normalized spacial score (nSPS) is 18.5. The molecule has 1 N–H and O–H groups in total. The van der Waals surface area contributed by atoms with E-state index in [-0.39, 0.29) is 5.91 Å². The summed E-state index contributed by atoms with van der Waals surface area (Å²) in [6.45, 7) is 7.02. The summed E-state index contributed by atoms with van der Waals surface area (Å²) >= 11 is 0. The van der Waals surface area contributed by atoms with E-state index in [2.05, 4.69) is 24.4 Å². The van der Waals surface area contributed by atoms with Crippen LogP contribution in [0.25, 0.3) is 0 Å². The number of nitrogens with zero attached hydrogens (tertiary/aromatic N) is 1. The highest BCUT2D eigenvalue weighted by molar-refractivity contribution is 5.93. The van der Waals surface area contributed by atoms with Crippen LogP contribution in [0.1, 0.15) is 31.7 Å². The van der Waals surface area contributed by atoms with Gasteiger partial charge in [-0.3, -0.25) is 4.79 Å². The summed E-state index contributed by atoms with van der Waals surface area (Å²) in [5.74, 6) is 0.930. The fraction of sp³-hybridized carbons (Fsp3) is 0.562. The number of hydrogen-bond acceptors (Lipinski definition) is 2. The number of hydrogen-bond donors (Lipinski definition) is 1. The predicted molar refractivity (Wildman–Crippen MR) is 79.4 cm³/mol. The van der Waals surface area contributed by atoms with Gasteiger partial charge in [0.15, 0.2) is 0 Å². The van der Waals surface area contributed by atoms with Crippen molar-refractivity contribution in [2.75, 3.05) is 24.5 Å². The Kier molecular flexibility index (Phi) is 4.97. The summed E-state index contributed by atoms with van der Waals surface area (Å²) in [6.07, 6.45) is 2.88. The van der Waals surface area contributed by atoms with Crippen LogP contribution in [0, 0.1) is 12.8 Å². The predicted octanol–water partition coefficient (Wildman–Crippen LogP) is 2.74. The number of nitrogens with one attached hydrogen (secondary N) is 1. The third-order valence-corrected chi connectivity index (χ3v) is 3.89. The largest absolute Gasteiger partial charge is 0.316 e. The molecule has 1 unspecified atom stereocenters. The molecule has 0 radical (unpaired) electrons. The average molecular weight is 260 g/mol. The van der Waals surface area contributed by atoms with E-state index >= 15 is 0 Å². The van der Waals surface area contributed by atoms with E-state index < -0.39 is 0 Å². The smallest absolute Gasteiger partial charge is 0.226 e. The van der Waals surface area contributed by atoms with Gasteiger partial charge in [0.2, 0.25) is 5.91 Å². The monoisotopic (exact) mass is 260 g/mol. The van der Waals surface area contributed by atoms with Crippen LogP contribution in [0.2, 0.25) is 0 Å². The van der Waals surface area contributed by atoms with E-state index in [0.717, 1.165) is 31.7 Å². The van der Waals surface area contributed by atoms with Gasteiger partial charge in [-0.05, 0) is 57.8 Å². The molecule has 3 nitrogen and oxygen atoms in total. The van der Waals surface area contributed by atoms with Gasteiger partial charge in [0, 0.05) is 18.7 Å². The van der Waals surface area contributed by atoms with E-state index in [1.807, 2.05) is 24.0 Å². The maximum absolute atomic E-state index is 12.3. The molecule has 1 atom stereocenters. The van der Waals surface area contributed by atoms with Crippen LogP contribution in [0.3, 0.4) is 0 Å². The zero-order valence-corrected chi connectivity index (χ0v) is 12.0. The summed E-state index contributed by atoms with van der Waals surface area (Å²) in [7, 11) is 0. The van der Waals surface area contributed by atoms with Crippen LogP contribution in [0.15, 0.2) is 24.3 Å². The molecule has 19 heavy (non-hydrogen) atoms. The van der Waals surface area contributed by atoms with Crippen LogP contribution in [-0.2, 0) is 4.79 Å². The Labute approximate surface area is 116 Å². The molecule has 0 saturated carbocycles. The second kappa shape index (κ2) is 6.71. The Morgan fingerprint density at radius 1 is 1.37 bits per heavy atom. The Hall–Kier alpha value is -1.35. The molecule has 1 aromatic rings. The highest BCUT2D eigenvalue weighted by Crippen LogP contribution is 2.19. The van der Waals surface area contributed by atoms with Crippen molar-refractivity contribution in [3.8, 4) is 0 Å². The summed E-state index contributed by atoms with van der Waals surface area (Å²) in [5, 5.41) is 3.35. The molecule has 1 heterocycles. The van der Waals surface area contributed by atoms with E-state index in [0.29, 0.717) is 12.3 Å². The van der Waals surface area contributed by atoms with Gasteiger partial charge < -0.3 is 10.2 Å². The zero-order chi connectivity index (χ0) is 13.7. The Bertz CT molecular complexity index is 407. The van der Waals surface area contributed by atoms with Gasteiger partial charge in [-0.15, -0.1) is 0 Å². The number of carbonyl (C=O) groups is 1. The second-order valence-electron chi connectivity index (χ2n) is 5.37. The van der Waals surface area contributed by atoms with Gasteiger partial charge in [0.25, 0.3) is 0 Å². The first-order chi connectivity index (χ1) is 9.20. The highest BCUT2D eigenvalue weighted by Gasteiger charge is 2.18. The number of rotatable bonds is 5. The van der Waals surface area contributed by atoms with E-state index in [9.17, 15) is 4.79 Å². The van der Waals surface area contributed by atoms with Gasteiger partial charge in [0.1, 0.15) is 0 Å². The third kappa shape index (κ3) is 3.80. The standard InChI is InChI=1S/C16H24N2O/c1-3-18(15-7-4-13(2)5-8-15)16(19)9-6-14-10-11-17-12-14/h4-5,7-8,14,17H,3,6,9-12H2,1-2H3. The molecule has 1 fully saturated rings. The fourth-order valence-corrected chi connectivity index (χ4v) is 2.65. The molecule has 1 saturated heterocycles. The SMILES string of the molecule is CCN(C(=O)CCC1CCNC1)c1ccc(C)cc1. The van der Waals surface area contributed by atoms with Crippen molar-refractivity contribution in [3.63, 3.8) is 0 Å². The van der Waals surface area contributed by atoms with Crippen molar-refractivity contribution in [3.05, 3.63) is 29.8 Å². The molecular weight excluding hydrogens is 236 g/mol. The topological polar surface area (TPSA) is 32.3 Å². The molecule has 0 aliphatic carbocycles. The van der Waals surface area contributed by atoms with Gasteiger partial charge in [-0.25, -0.2) is 0 Å². The number of aryl methyl sites for hydroxylation is 1. The lowest BCUT2D eigenvalue weighted by Crippen LogP contribution is -2.30. The lowest BCUT2D eigenvalue weighted by Gasteiger charge is -2.22. The van der Waals surface area contributed by atoms with Gasteiger partial charge >= 0.3 is 0 Å². The first-order valence-electron chi connectivity index (χ1n) is 7.28. The van der Waals surface area contributed by atoms with E-state index in [4.69, 9.17) is 0 Å². The fourth-order valence-electron chi connectivity index (χ4n) is 2.65. The minimum Gasteiger partial charge on any atom is -0.316 e. The molecular formula is C16H24N2O. The second-order valence-corrected chi connectivity index (χ2v) is 5.37. The first-order valence-corrected chi connectivity index (χ1v) is 7.28. The maximum Gasteiger partial charge on any atom is 0.226 e. The van der Waals surface area contributed by atoms with Crippen molar-refractivity contribution >= 4 is 11.6 Å². The van der Waals surface area contributed by atoms with Gasteiger partial charge in [-0.1, -0.05) is 17.7 Å². The molecule has 0 spiro atoms. The molecule has 1 aliphatic rings. The summed E-state index contributed by atoms with van der Waals surface area (Å²) in [6, 6.07) is 8.19. The highest BCUT2D eigenvalue weighted by atomic mass is 16.2. The lowest BCUT2D eigenvalue weighted by molar-refractivity contribution is -0.118. The van der Waals surface area contributed by atoms with Crippen molar-refractivity contribution in [2.24, 2.45) is 5.92 Å². The number of benzene rings is 1. The van der Waals surface area contributed by atoms with E-state index in [1.54, 1.807) is 0 Å². The quantitative estimate of drug-likeness (QED) is 0.883. The van der Waals surface area contributed by atoms with Gasteiger partial charge in [-0.2, -0.15) is 0 Å². The molecule has 1 amide bonds. The summed E-state index contributed by atoms with van der Waals surface area (Å²) in [5.41, 5.74) is 2.24. The Morgan fingerprint density at radius 2 is 2.11 bits per heavy atom. The van der Waals surface area contributed by atoms with Crippen LogP contribution in [0.4, 0.5) is 5.69 Å². The molecule has 0 bridgehead atoms. The molecule has 3 heteroatoms. The molecule has 104 valence electrons. The van der Waals surface area contributed by atoms with Crippen molar-refractivity contribution < 1.29 is 4.79 Å². The molecule has 2 rings (SSSR count). The summed E-state index contributed by atoms with van der Waals surface area (Å²) in [4.78, 5) is 14.2. The van der Waals surface area contributed by atoms with Crippen molar-refractivity contribution in [1.29, 1.82) is 0 Å². The lowest BCUT2D eigenvalue weighted by atomic mass is 10.0. The van der Waals surface area contributed by atoms with Crippen LogP contribution in [0.5, 0.6) is 0 Å². The van der Waals surface area contributed by atoms with Crippen molar-refractivity contribution in [2.45, 2.75) is 33.1 Å². The minimum absolute atomic E-state index is 0.248. The van der Waals surface area contributed by atoms with Crippen LogP contribution in [-0.4, -0.2) is 25.5 Å². The van der Waals surface area contributed by atoms with Crippen molar-refractivity contribution in [1.82, 2.24) is 5.32 Å². The third-order valence-electron chi connectivity index (χ3n) is 3.89. The summed E-state index contributed by atoms with van der Waals surface area (Å²) < 4.78 is 0. The van der Waals surface area contributed by atoms with E-state index in [1.165, 1.54) is 12.0 Å². The Morgan fingerprint density at radius 3 is 2.68 bits per heavy atom. The maximum atomic E-state index is 12.3. The average Bonchev–Trinajstić information content (AvgIpc) is 2.92. The van der Waals surface area contributed by atoms with Gasteiger partial charge in [0.05, 0.1) is 0 Å². The number of anilines is 1. The molecule has 1 aliphatic heterocycles. The Balaban J connectivity index is 1.92. The number of amides is 1. The first kappa shape index (κ1) is 14.1. The molecule has 0 aromatic heterocycles. The van der Waals surface area contributed by atoms with Crippen LogP contribution < -0.4 is 10.2 Å². The molecule has 1 aromatic carbocycles.